The topological polar surface area (TPSA) is 33.1 Å². The Balaban J connectivity index is 2.82. The van der Waals surface area contributed by atoms with Crippen LogP contribution in [-0.2, 0) is 11.9 Å². The predicted octanol–water partition coefficient (Wildman–Crippen LogP) is 2.24. The van der Waals surface area contributed by atoms with Crippen molar-refractivity contribution in [3.05, 3.63) is 29.6 Å². The van der Waals surface area contributed by atoms with Gasteiger partial charge in [-0.2, -0.15) is 0 Å². The fourth-order valence-electron chi connectivity index (χ4n) is 1.14. The Labute approximate surface area is 86.2 Å². The molecule has 1 rings (SSSR count). The Hall–Kier alpha value is -1.04. The van der Waals surface area contributed by atoms with Crippen molar-refractivity contribution < 1.29 is 18.1 Å². The van der Waals surface area contributed by atoms with E-state index in [-0.39, 0.29) is 5.69 Å². The maximum absolute atomic E-state index is 12.0. The van der Waals surface area contributed by atoms with Gasteiger partial charge in [0.25, 0.3) is 0 Å². The summed E-state index contributed by atoms with van der Waals surface area (Å²) < 4.78 is 36.1. The van der Waals surface area contributed by atoms with Crippen molar-refractivity contribution in [3.8, 4) is 0 Å². The van der Waals surface area contributed by atoms with Gasteiger partial charge in [0.1, 0.15) is 0 Å². The second-order valence-electron chi connectivity index (χ2n) is 4.01. The smallest absolute Gasteiger partial charge is 0.449 e. The quantitative estimate of drug-likeness (QED) is 0.789. The van der Waals surface area contributed by atoms with Crippen LogP contribution in [0, 0.1) is 0 Å². The van der Waals surface area contributed by atoms with E-state index in [1.165, 1.54) is 18.3 Å². The molecule has 0 unspecified atom stereocenters. The van der Waals surface area contributed by atoms with Crippen LogP contribution < -0.4 is 0 Å². The van der Waals surface area contributed by atoms with Gasteiger partial charge in [0.2, 0.25) is 0 Å². The normalized spacial score (nSPS) is 12.9. The molecule has 0 saturated heterocycles. The number of hydrogen-bond acceptors (Lipinski definition) is 2. The first kappa shape index (κ1) is 12.0. The minimum absolute atomic E-state index is 0.0181. The standard InChI is InChI=1S/C9H12BF3NO/c1-9(2,15)7-3-4-8(14-6-7)5-10(11,12)13/h3-4,6,15H,5H2,1-2H3/q-1. The van der Waals surface area contributed by atoms with Crippen LogP contribution >= 0.6 is 0 Å². The summed E-state index contributed by atoms with van der Waals surface area (Å²) in [5.74, 6) is 0. The molecule has 6 heteroatoms. The van der Waals surface area contributed by atoms with E-state index >= 15 is 0 Å². The molecule has 2 nitrogen and oxygen atoms in total. The molecule has 84 valence electrons. The van der Waals surface area contributed by atoms with Crippen LogP contribution in [0.15, 0.2) is 18.3 Å². The number of nitrogens with zero attached hydrogens (tertiary/aromatic N) is 1. The summed E-state index contributed by atoms with van der Waals surface area (Å²) in [5, 5.41) is 9.55. The van der Waals surface area contributed by atoms with E-state index in [9.17, 15) is 18.1 Å². The number of aromatic nitrogens is 1. The van der Waals surface area contributed by atoms with E-state index in [0.717, 1.165) is 0 Å². The summed E-state index contributed by atoms with van der Waals surface area (Å²) in [5.41, 5.74) is -0.592. The number of halogens is 3. The van der Waals surface area contributed by atoms with Gasteiger partial charge in [0.05, 0.1) is 5.60 Å². The largest absolute Gasteiger partial charge is 0.484 e. The summed E-state index contributed by atoms with van der Waals surface area (Å²) in [4.78, 5) is 3.67. The van der Waals surface area contributed by atoms with E-state index in [1.807, 2.05) is 0 Å². The molecule has 0 atom stereocenters. The van der Waals surface area contributed by atoms with Gasteiger partial charge in [-0.05, 0) is 26.2 Å². The maximum Gasteiger partial charge on any atom is 0.484 e. The molecule has 1 N–H and O–H groups in total. The number of rotatable bonds is 3. The summed E-state index contributed by atoms with van der Waals surface area (Å²) in [6.07, 6.45) is 0.295. The van der Waals surface area contributed by atoms with Crippen molar-refractivity contribution in [2.75, 3.05) is 0 Å². The van der Waals surface area contributed by atoms with Gasteiger partial charge < -0.3 is 18.1 Å². The van der Waals surface area contributed by atoms with Crippen molar-refractivity contribution in [3.63, 3.8) is 0 Å². The molecule has 0 aromatic carbocycles. The fraction of sp³-hybridized carbons (Fsp3) is 0.444. The number of pyridine rings is 1. The zero-order chi connectivity index (χ0) is 11.7. The van der Waals surface area contributed by atoms with Crippen molar-refractivity contribution in [1.82, 2.24) is 4.98 Å². The van der Waals surface area contributed by atoms with E-state index in [2.05, 4.69) is 4.98 Å². The monoisotopic (exact) mass is 218 g/mol. The van der Waals surface area contributed by atoms with Gasteiger partial charge in [-0.3, -0.25) is 4.98 Å². The SMILES string of the molecule is CC(C)(O)c1ccc(C[B-](F)(F)F)nc1. The minimum atomic E-state index is -4.85. The third kappa shape index (κ3) is 3.91. The molecule has 0 aliphatic heterocycles. The second-order valence-corrected chi connectivity index (χ2v) is 4.01. The van der Waals surface area contributed by atoms with Crippen LogP contribution in [0.25, 0.3) is 0 Å². The summed E-state index contributed by atoms with van der Waals surface area (Å²) in [7, 11) is 0. The molecule has 15 heavy (non-hydrogen) atoms. The van der Waals surface area contributed by atoms with E-state index in [1.54, 1.807) is 13.8 Å². The highest BCUT2D eigenvalue weighted by atomic mass is 19.4. The molecule has 0 saturated carbocycles. The Morgan fingerprint density at radius 2 is 1.93 bits per heavy atom. The summed E-state index contributed by atoms with van der Waals surface area (Å²) >= 11 is 0. The molecule has 0 amide bonds. The van der Waals surface area contributed by atoms with Crippen LogP contribution in [0.5, 0.6) is 0 Å². The lowest BCUT2D eigenvalue weighted by molar-refractivity contribution is 0.0782. The average molecular weight is 218 g/mol. The molecule has 0 bridgehead atoms. The maximum atomic E-state index is 12.0. The number of aliphatic hydroxyl groups is 1. The summed E-state index contributed by atoms with van der Waals surface area (Å²) in [6, 6.07) is 2.76. The average Bonchev–Trinajstić information content (AvgIpc) is 2.00. The lowest BCUT2D eigenvalue weighted by Gasteiger charge is -2.18. The minimum Gasteiger partial charge on any atom is -0.449 e. The first-order valence-electron chi connectivity index (χ1n) is 4.57. The van der Waals surface area contributed by atoms with Crippen molar-refractivity contribution >= 4 is 6.98 Å². The molecule has 1 aromatic rings. The molecular weight excluding hydrogens is 206 g/mol. The first-order valence-corrected chi connectivity index (χ1v) is 4.57. The highest BCUT2D eigenvalue weighted by Crippen LogP contribution is 2.20. The molecule has 0 fully saturated rings. The third-order valence-electron chi connectivity index (χ3n) is 1.97. The fourth-order valence-corrected chi connectivity index (χ4v) is 1.14. The molecule has 0 radical (unpaired) electrons. The van der Waals surface area contributed by atoms with Crippen molar-refractivity contribution in [1.29, 1.82) is 0 Å². The highest BCUT2D eigenvalue weighted by Gasteiger charge is 2.24. The van der Waals surface area contributed by atoms with Gasteiger partial charge >= 0.3 is 6.98 Å². The molecular formula is C9H12BF3NO-. The van der Waals surface area contributed by atoms with Crippen LogP contribution in [0.1, 0.15) is 25.1 Å². The second kappa shape index (κ2) is 3.85. The zero-order valence-electron chi connectivity index (χ0n) is 8.54. The molecule has 0 spiro atoms. The molecule has 1 aromatic heterocycles. The van der Waals surface area contributed by atoms with Crippen LogP contribution in [0.2, 0.25) is 0 Å². The van der Waals surface area contributed by atoms with Crippen molar-refractivity contribution in [2.24, 2.45) is 0 Å². The highest BCUT2D eigenvalue weighted by molar-refractivity contribution is 6.57. The van der Waals surface area contributed by atoms with Crippen LogP contribution in [-0.4, -0.2) is 17.1 Å². The zero-order valence-corrected chi connectivity index (χ0v) is 8.54. The van der Waals surface area contributed by atoms with Gasteiger partial charge in [0.15, 0.2) is 0 Å². The first-order chi connectivity index (χ1) is 6.68. The Morgan fingerprint density at radius 1 is 1.33 bits per heavy atom. The van der Waals surface area contributed by atoms with Gasteiger partial charge in [-0.1, -0.05) is 6.07 Å². The third-order valence-corrected chi connectivity index (χ3v) is 1.97. The lowest BCUT2D eigenvalue weighted by Crippen LogP contribution is -2.21. The van der Waals surface area contributed by atoms with Crippen molar-refractivity contribution in [2.45, 2.75) is 25.8 Å². The number of hydrogen-bond donors (Lipinski definition) is 1. The molecule has 0 aliphatic rings. The lowest BCUT2D eigenvalue weighted by atomic mass is 9.84. The van der Waals surface area contributed by atoms with Crippen LogP contribution in [0.4, 0.5) is 12.9 Å². The summed E-state index contributed by atoms with van der Waals surface area (Å²) in [6.45, 7) is -1.74. The van der Waals surface area contributed by atoms with E-state index in [4.69, 9.17) is 0 Å². The Bertz CT molecular complexity index is 329. The molecule has 0 aliphatic carbocycles. The van der Waals surface area contributed by atoms with E-state index < -0.39 is 18.9 Å². The van der Waals surface area contributed by atoms with Gasteiger partial charge in [0, 0.05) is 17.5 Å². The van der Waals surface area contributed by atoms with E-state index in [0.29, 0.717) is 5.56 Å². The van der Waals surface area contributed by atoms with Gasteiger partial charge in [-0.15, -0.1) is 0 Å². The molecule has 1 heterocycles. The van der Waals surface area contributed by atoms with Crippen LogP contribution in [0.3, 0.4) is 0 Å². The Morgan fingerprint density at radius 3 is 2.27 bits per heavy atom. The Kier molecular flexibility index (Phi) is 3.09. The van der Waals surface area contributed by atoms with Gasteiger partial charge in [-0.25, -0.2) is 0 Å². The predicted molar refractivity (Wildman–Crippen MR) is 52.3 cm³/mol.